The summed E-state index contributed by atoms with van der Waals surface area (Å²) in [5.41, 5.74) is 12.0. The van der Waals surface area contributed by atoms with E-state index in [-0.39, 0.29) is 0 Å². The molecule has 0 saturated heterocycles. The minimum absolute atomic E-state index is 0.334. The van der Waals surface area contributed by atoms with Crippen LogP contribution in [-0.4, -0.2) is 6.04 Å². The average Bonchev–Trinajstić information content (AvgIpc) is 2.84. The van der Waals surface area contributed by atoms with E-state index < -0.39 is 0 Å². The lowest BCUT2D eigenvalue weighted by Gasteiger charge is -2.18. The number of hydrogen-bond donors (Lipinski definition) is 1. The van der Waals surface area contributed by atoms with E-state index in [0.717, 1.165) is 12.3 Å². The van der Waals surface area contributed by atoms with Gasteiger partial charge in [0, 0.05) is 6.04 Å². The molecule has 0 amide bonds. The Labute approximate surface area is 118 Å². The summed E-state index contributed by atoms with van der Waals surface area (Å²) in [4.78, 5) is 0. The Kier molecular flexibility index (Phi) is 5.04. The van der Waals surface area contributed by atoms with Gasteiger partial charge in [-0.25, -0.2) is 0 Å². The van der Waals surface area contributed by atoms with Crippen molar-refractivity contribution in [1.29, 1.82) is 0 Å². The fourth-order valence-corrected chi connectivity index (χ4v) is 3.64. The van der Waals surface area contributed by atoms with E-state index in [0.29, 0.717) is 6.04 Å². The van der Waals surface area contributed by atoms with Crippen LogP contribution in [0.15, 0.2) is 12.1 Å². The minimum atomic E-state index is 0.334. The van der Waals surface area contributed by atoms with E-state index in [4.69, 9.17) is 5.73 Å². The molecular formula is C18H29N. The Bertz CT molecular complexity index is 393. The van der Waals surface area contributed by atoms with Crippen molar-refractivity contribution in [3.05, 3.63) is 34.4 Å². The molecule has 0 heterocycles. The first-order chi connectivity index (χ1) is 9.06. The molecule has 1 heteroatoms. The van der Waals surface area contributed by atoms with E-state index >= 15 is 0 Å². The van der Waals surface area contributed by atoms with Gasteiger partial charge in [0.2, 0.25) is 0 Å². The molecule has 1 nitrogen and oxygen atoms in total. The molecule has 0 aromatic heterocycles. The summed E-state index contributed by atoms with van der Waals surface area (Å²) in [6.45, 7) is 6.61. The zero-order valence-corrected chi connectivity index (χ0v) is 12.8. The summed E-state index contributed by atoms with van der Waals surface area (Å²) in [7, 11) is 0. The molecule has 1 aliphatic rings. The highest BCUT2D eigenvalue weighted by Crippen LogP contribution is 2.29. The van der Waals surface area contributed by atoms with Crippen LogP contribution in [0.25, 0.3) is 0 Å². The highest BCUT2D eigenvalue weighted by atomic mass is 14.6. The van der Waals surface area contributed by atoms with Gasteiger partial charge >= 0.3 is 0 Å². The lowest BCUT2D eigenvalue weighted by molar-refractivity contribution is 0.446. The summed E-state index contributed by atoms with van der Waals surface area (Å²) in [5.74, 6) is 0.964. The average molecular weight is 259 g/mol. The lowest BCUT2D eigenvalue weighted by Crippen LogP contribution is -2.24. The summed E-state index contributed by atoms with van der Waals surface area (Å²) >= 11 is 0. The Hall–Kier alpha value is -0.820. The molecule has 1 fully saturated rings. The fraction of sp³-hybridized carbons (Fsp3) is 0.667. The van der Waals surface area contributed by atoms with Crippen LogP contribution in [0.1, 0.15) is 60.8 Å². The predicted octanol–water partition coefficient (Wildman–Crippen LogP) is 4.45. The molecule has 0 aliphatic heterocycles. The van der Waals surface area contributed by atoms with Crippen molar-refractivity contribution in [1.82, 2.24) is 0 Å². The van der Waals surface area contributed by atoms with Crippen molar-refractivity contribution < 1.29 is 0 Å². The van der Waals surface area contributed by atoms with Gasteiger partial charge in [-0.2, -0.15) is 0 Å². The highest BCUT2D eigenvalue weighted by Gasteiger charge is 2.17. The number of benzene rings is 1. The molecule has 1 atom stereocenters. The monoisotopic (exact) mass is 259 g/mol. The van der Waals surface area contributed by atoms with Crippen LogP contribution >= 0.6 is 0 Å². The molecule has 2 rings (SSSR count). The molecule has 0 radical (unpaired) electrons. The van der Waals surface area contributed by atoms with Crippen LogP contribution in [0.5, 0.6) is 0 Å². The van der Waals surface area contributed by atoms with Gasteiger partial charge in [0.25, 0.3) is 0 Å². The Morgan fingerprint density at radius 1 is 1.11 bits per heavy atom. The van der Waals surface area contributed by atoms with Crippen LogP contribution in [0, 0.1) is 26.7 Å². The maximum atomic E-state index is 6.36. The third kappa shape index (κ3) is 4.07. The summed E-state index contributed by atoms with van der Waals surface area (Å²) in [6, 6.07) is 4.90. The molecule has 106 valence electrons. The molecule has 1 aliphatic carbocycles. The van der Waals surface area contributed by atoms with Crippen LogP contribution in [0.2, 0.25) is 0 Å². The van der Waals surface area contributed by atoms with E-state index in [9.17, 15) is 0 Å². The molecule has 1 unspecified atom stereocenters. The molecule has 19 heavy (non-hydrogen) atoms. The topological polar surface area (TPSA) is 26.0 Å². The van der Waals surface area contributed by atoms with Gasteiger partial charge in [0.15, 0.2) is 0 Å². The van der Waals surface area contributed by atoms with Crippen molar-refractivity contribution >= 4 is 0 Å². The Morgan fingerprint density at radius 3 is 2.26 bits per heavy atom. The van der Waals surface area contributed by atoms with Crippen molar-refractivity contribution in [2.24, 2.45) is 11.7 Å². The van der Waals surface area contributed by atoms with E-state index in [1.807, 2.05) is 0 Å². The molecule has 1 aromatic rings. The van der Waals surface area contributed by atoms with Gasteiger partial charge in [0.1, 0.15) is 0 Å². The van der Waals surface area contributed by atoms with Crippen molar-refractivity contribution in [3.8, 4) is 0 Å². The first-order valence-electron chi connectivity index (χ1n) is 7.88. The Balaban J connectivity index is 1.89. The molecule has 1 aromatic carbocycles. The molecule has 2 N–H and O–H groups in total. The third-order valence-corrected chi connectivity index (χ3v) is 4.73. The second-order valence-electron chi connectivity index (χ2n) is 6.57. The molecular weight excluding hydrogens is 230 g/mol. The van der Waals surface area contributed by atoms with E-state index in [1.165, 1.54) is 60.8 Å². The van der Waals surface area contributed by atoms with Crippen molar-refractivity contribution in [3.63, 3.8) is 0 Å². The minimum Gasteiger partial charge on any atom is -0.327 e. The van der Waals surface area contributed by atoms with Gasteiger partial charge in [-0.05, 0) is 62.6 Å². The Morgan fingerprint density at radius 2 is 1.68 bits per heavy atom. The van der Waals surface area contributed by atoms with E-state index in [1.54, 1.807) is 0 Å². The second kappa shape index (κ2) is 6.56. The van der Waals surface area contributed by atoms with Gasteiger partial charge in [0.05, 0.1) is 0 Å². The fourth-order valence-electron chi connectivity index (χ4n) is 3.64. The lowest BCUT2D eigenvalue weighted by atomic mass is 9.91. The number of aryl methyl sites for hydroxylation is 3. The summed E-state index contributed by atoms with van der Waals surface area (Å²) < 4.78 is 0. The largest absolute Gasteiger partial charge is 0.327 e. The normalized spacial score (nSPS) is 17.9. The van der Waals surface area contributed by atoms with Crippen LogP contribution in [0.4, 0.5) is 0 Å². The highest BCUT2D eigenvalue weighted by molar-refractivity contribution is 5.37. The zero-order valence-electron chi connectivity index (χ0n) is 12.8. The van der Waals surface area contributed by atoms with Gasteiger partial charge in [-0.1, -0.05) is 43.4 Å². The smallest absolute Gasteiger partial charge is 0.00796 e. The quantitative estimate of drug-likeness (QED) is 0.830. The number of hydrogen-bond acceptors (Lipinski definition) is 1. The predicted molar refractivity (Wildman–Crippen MR) is 83.5 cm³/mol. The maximum absolute atomic E-state index is 6.36. The molecule has 0 bridgehead atoms. The zero-order chi connectivity index (χ0) is 13.8. The SMILES string of the molecule is Cc1cc(C)c(CC(N)CCC2CCCC2)c(C)c1. The first kappa shape index (κ1) is 14.6. The second-order valence-corrected chi connectivity index (χ2v) is 6.57. The third-order valence-electron chi connectivity index (χ3n) is 4.73. The molecule has 1 saturated carbocycles. The standard InChI is InChI=1S/C18H29N/c1-13-10-14(2)18(15(3)11-13)12-17(19)9-8-16-6-4-5-7-16/h10-11,16-17H,4-9,12,19H2,1-3H3. The summed E-state index contributed by atoms with van der Waals surface area (Å²) in [6.07, 6.45) is 9.34. The molecule has 0 spiro atoms. The summed E-state index contributed by atoms with van der Waals surface area (Å²) in [5, 5.41) is 0. The van der Waals surface area contributed by atoms with Gasteiger partial charge < -0.3 is 5.73 Å². The van der Waals surface area contributed by atoms with E-state index in [2.05, 4.69) is 32.9 Å². The van der Waals surface area contributed by atoms with Crippen molar-refractivity contribution in [2.75, 3.05) is 0 Å². The van der Waals surface area contributed by atoms with Crippen molar-refractivity contribution in [2.45, 2.75) is 71.8 Å². The van der Waals surface area contributed by atoms with Crippen LogP contribution < -0.4 is 5.73 Å². The maximum Gasteiger partial charge on any atom is 0.00796 e. The van der Waals surface area contributed by atoms with Crippen LogP contribution in [-0.2, 0) is 6.42 Å². The van der Waals surface area contributed by atoms with Crippen LogP contribution in [0.3, 0.4) is 0 Å². The van der Waals surface area contributed by atoms with Gasteiger partial charge in [-0.3, -0.25) is 0 Å². The van der Waals surface area contributed by atoms with Gasteiger partial charge in [-0.15, -0.1) is 0 Å². The first-order valence-corrected chi connectivity index (χ1v) is 7.88. The number of nitrogens with two attached hydrogens (primary N) is 1. The number of rotatable bonds is 5.